The minimum Gasteiger partial charge on any atom is -0.464 e. The van der Waals surface area contributed by atoms with Crippen molar-refractivity contribution in [2.75, 3.05) is 9.80 Å². The van der Waals surface area contributed by atoms with E-state index in [9.17, 15) is 0 Å². The summed E-state index contributed by atoms with van der Waals surface area (Å²) < 4.78 is 11.4. The van der Waals surface area contributed by atoms with Gasteiger partial charge in [-0.05, 0) is 133 Å². The molecule has 0 spiro atoms. The summed E-state index contributed by atoms with van der Waals surface area (Å²) in [5.74, 6) is 1.74. The first-order chi connectivity index (χ1) is 30.5. The van der Waals surface area contributed by atoms with Crippen LogP contribution in [0.15, 0.2) is 197 Å². The van der Waals surface area contributed by atoms with Gasteiger partial charge in [0, 0.05) is 45.3 Å². The fraction of sp³-hybridized carbons (Fsp3) is 0.138. The zero-order valence-corrected chi connectivity index (χ0v) is 36.7. The molecular formula is C58H49BN2O2. The lowest BCUT2D eigenvalue weighted by Crippen LogP contribution is -2.61. The van der Waals surface area contributed by atoms with Crippen LogP contribution in [-0.2, 0) is 10.8 Å². The third kappa shape index (κ3) is 6.71. The second kappa shape index (κ2) is 14.7. The van der Waals surface area contributed by atoms with Gasteiger partial charge in [-0.1, -0.05) is 145 Å². The quantitative estimate of drug-likeness (QED) is 0.157. The molecule has 63 heavy (non-hydrogen) atoms. The SMILES string of the molecule is CC(C)(C)c1ccc(N2c3cc(-c4ccc(-c5ccco5)cc4)ccc3B3c4ccc(-c5ccc(-c6ccco6)cc5)cc4N(c4ccc(C(C)(C)C)cc4)c4cccc2c43)cc1. The Balaban J connectivity index is 1.11. The first-order valence-electron chi connectivity index (χ1n) is 22.0. The van der Waals surface area contributed by atoms with Crippen molar-refractivity contribution in [3.05, 3.63) is 200 Å². The maximum Gasteiger partial charge on any atom is 0.252 e. The summed E-state index contributed by atoms with van der Waals surface area (Å²) in [7, 11) is 0. The molecule has 0 amide bonds. The molecule has 0 N–H and O–H groups in total. The molecule has 7 aromatic carbocycles. The van der Waals surface area contributed by atoms with Crippen molar-refractivity contribution in [2.24, 2.45) is 0 Å². The van der Waals surface area contributed by atoms with Crippen LogP contribution in [-0.4, -0.2) is 6.71 Å². The molecule has 4 heterocycles. The number of fused-ring (bicyclic) bond motifs is 4. The van der Waals surface area contributed by atoms with Crippen LogP contribution in [0.4, 0.5) is 34.1 Å². The predicted octanol–water partition coefficient (Wildman–Crippen LogP) is 14.2. The zero-order valence-electron chi connectivity index (χ0n) is 36.7. The van der Waals surface area contributed by atoms with E-state index in [4.69, 9.17) is 8.83 Å². The van der Waals surface area contributed by atoms with Gasteiger partial charge in [0.25, 0.3) is 6.71 Å². The number of benzene rings is 7. The molecule has 4 nitrogen and oxygen atoms in total. The fourth-order valence-electron chi connectivity index (χ4n) is 9.60. The standard InChI is InChI=1S/C58H49BN2O2/c1-57(2,3)44-24-28-46(29-25-44)60-50-10-7-11-51-56(50)59(48-32-22-42(36-52(48)60)38-14-18-40(19-15-38)54-12-8-34-62-54)49-33-23-43(39-16-20-41(21-17-39)55-13-9-35-63-55)37-53(49)61(51)47-30-26-45(27-31-47)58(4,5)6/h7-37H,1-6H3. The third-order valence-corrected chi connectivity index (χ3v) is 13.0. The van der Waals surface area contributed by atoms with Crippen LogP contribution >= 0.6 is 0 Å². The summed E-state index contributed by atoms with van der Waals surface area (Å²) in [4.78, 5) is 5.00. The summed E-state index contributed by atoms with van der Waals surface area (Å²) in [5, 5.41) is 0. The number of rotatable bonds is 6. The average Bonchev–Trinajstić information content (AvgIpc) is 4.05. The molecule has 306 valence electrons. The first kappa shape index (κ1) is 38.7. The number of furan rings is 2. The van der Waals surface area contributed by atoms with E-state index in [2.05, 4.69) is 203 Å². The molecule has 0 bridgehead atoms. The Bertz CT molecular complexity index is 2890. The molecule has 0 radical (unpaired) electrons. The first-order valence-corrected chi connectivity index (χ1v) is 22.0. The molecule has 0 atom stereocenters. The number of nitrogens with zero attached hydrogens (tertiary/aromatic N) is 2. The van der Waals surface area contributed by atoms with E-state index in [-0.39, 0.29) is 17.5 Å². The Morgan fingerprint density at radius 1 is 0.365 bits per heavy atom. The summed E-state index contributed by atoms with van der Waals surface area (Å²) in [6.07, 6.45) is 3.45. The van der Waals surface area contributed by atoms with Crippen LogP contribution < -0.4 is 26.2 Å². The summed E-state index contributed by atoms with van der Waals surface area (Å²) in [5.41, 5.74) is 20.4. The molecule has 0 fully saturated rings. The van der Waals surface area contributed by atoms with Crippen molar-refractivity contribution in [1.29, 1.82) is 0 Å². The van der Waals surface area contributed by atoms with Crippen molar-refractivity contribution in [3.63, 3.8) is 0 Å². The van der Waals surface area contributed by atoms with Gasteiger partial charge in [-0.2, -0.15) is 0 Å². The predicted molar refractivity (Wildman–Crippen MR) is 264 cm³/mol. The van der Waals surface area contributed by atoms with E-state index >= 15 is 0 Å². The maximum atomic E-state index is 5.72. The van der Waals surface area contributed by atoms with Crippen LogP contribution in [0.25, 0.3) is 44.9 Å². The van der Waals surface area contributed by atoms with E-state index in [0.29, 0.717) is 0 Å². The summed E-state index contributed by atoms with van der Waals surface area (Å²) in [6.45, 7) is 13.7. The van der Waals surface area contributed by atoms with E-state index < -0.39 is 0 Å². The van der Waals surface area contributed by atoms with Crippen molar-refractivity contribution in [1.82, 2.24) is 0 Å². The Labute approximate surface area is 371 Å². The molecule has 2 aliphatic heterocycles. The van der Waals surface area contributed by atoms with Crippen LogP contribution in [0.2, 0.25) is 0 Å². The molecule has 2 aliphatic rings. The molecule has 0 saturated heterocycles. The molecule has 5 heteroatoms. The van der Waals surface area contributed by atoms with E-state index in [1.807, 2.05) is 24.3 Å². The van der Waals surface area contributed by atoms with Crippen molar-refractivity contribution in [3.8, 4) is 44.9 Å². The van der Waals surface area contributed by atoms with Gasteiger partial charge in [0.15, 0.2) is 0 Å². The highest BCUT2D eigenvalue weighted by atomic mass is 16.3. The number of hydrogen-bond acceptors (Lipinski definition) is 4. The highest BCUT2D eigenvalue weighted by molar-refractivity contribution is 7.00. The van der Waals surface area contributed by atoms with E-state index in [0.717, 1.165) is 45.1 Å². The maximum absolute atomic E-state index is 5.72. The van der Waals surface area contributed by atoms with Crippen molar-refractivity contribution < 1.29 is 8.83 Å². The minimum atomic E-state index is 0.00199. The van der Waals surface area contributed by atoms with Gasteiger partial charge >= 0.3 is 0 Å². The molecule has 0 aliphatic carbocycles. The number of anilines is 6. The molecule has 0 saturated carbocycles. The van der Waals surface area contributed by atoms with Gasteiger partial charge < -0.3 is 18.6 Å². The lowest BCUT2D eigenvalue weighted by molar-refractivity contribution is 0.582. The average molecular weight is 817 g/mol. The lowest BCUT2D eigenvalue weighted by atomic mass is 9.33. The van der Waals surface area contributed by atoms with Crippen molar-refractivity contribution >= 4 is 57.2 Å². The second-order valence-corrected chi connectivity index (χ2v) is 19.1. The number of hydrogen-bond donors (Lipinski definition) is 0. The van der Waals surface area contributed by atoms with Crippen molar-refractivity contribution in [2.45, 2.75) is 52.4 Å². The van der Waals surface area contributed by atoms with Gasteiger partial charge in [0.1, 0.15) is 11.5 Å². The molecule has 2 aromatic heterocycles. The minimum absolute atomic E-state index is 0.00199. The van der Waals surface area contributed by atoms with Crippen LogP contribution in [0, 0.1) is 0 Å². The Hall–Kier alpha value is -7.24. The largest absolute Gasteiger partial charge is 0.464 e. The summed E-state index contributed by atoms with van der Waals surface area (Å²) >= 11 is 0. The second-order valence-electron chi connectivity index (χ2n) is 19.1. The van der Waals surface area contributed by atoms with Gasteiger partial charge in [-0.15, -0.1) is 0 Å². The smallest absolute Gasteiger partial charge is 0.252 e. The molecule has 0 unspecified atom stereocenters. The van der Waals surface area contributed by atoms with Crippen LogP contribution in [0.5, 0.6) is 0 Å². The molecular weight excluding hydrogens is 767 g/mol. The van der Waals surface area contributed by atoms with Gasteiger partial charge in [0.2, 0.25) is 0 Å². The fourth-order valence-corrected chi connectivity index (χ4v) is 9.60. The van der Waals surface area contributed by atoms with E-state index in [1.165, 1.54) is 61.4 Å². The summed E-state index contributed by atoms with van der Waals surface area (Å²) in [6, 6.07) is 64.8. The topological polar surface area (TPSA) is 32.8 Å². The zero-order chi connectivity index (χ0) is 43.0. The normalized spacial score (nSPS) is 13.1. The van der Waals surface area contributed by atoms with E-state index in [1.54, 1.807) is 12.5 Å². The molecule has 9 aromatic rings. The highest BCUT2D eigenvalue weighted by Crippen LogP contribution is 2.46. The van der Waals surface area contributed by atoms with Gasteiger partial charge in [-0.3, -0.25) is 0 Å². The molecule has 11 rings (SSSR count). The van der Waals surface area contributed by atoms with Crippen LogP contribution in [0.3, 0.4) is 0 Å². The van der Waals surface area contributed by atoms with Gasteiger partial charge in [-0.25, -0.2) is 0 Å². The lowest BCUT2D eigenvalue weighted by Gasteiger charge is -2.44. The monoisotopic (exact) mass is 816 g/mol. The Morgan fingerprint density at radius 2 is 0.746 bits per heavy atom. The third-order valence-electron chi connectivity index (χ3n) is 13.0. The van der Waals surface area contributed by atoms with Crippen LogP contribution in [0.1, 0.15) is 52.7 Å². The highest BCUT2D eigenvalue weighted by Gasteiger charge is 2.43. The Morgan fingerprint density at radius 3 is 1.11 bits per heavy atom. The Kier molecular flexibility index (Phi) is 9.02. The van der Waals surface area contributed by atoms with Gasteiger partial charge in [0.05, 0.1) is 12.5 Å².